The zero-order valence-electron chi connectivity index (χ0n) is 10.9. The van der Waals surface area contributed by atoms with Gasteiger partial charge in [-0.15, -0.1) is 0 Å². The van der Waals surface area contributed by atoms with E-state index in [1.54, 1.807) is 0 Å². The molecule has 0 radical (unpaired) electrons. The summed E-state index contributed by atoms with van der Waals surface area (Å²) < 4.78 is 1.98. The van der Waals surface area contributed by atoms with Gasteiger partial charge in [0, 0.05) is 24.3 Å². The van der Waals surface area contributed by atoms with Crippen LogP contribution in [0.2, 0.25) is 0 Å². The minimum absolute atomic E-state index is 0.442. The van der Waals surface area contributed by atoms with Crippen LogP contribution in [0.3, 0.4) is 0 Å². The van der Waals surface area contributed by atoms with Crippen LogP contribution in [0, 0.1) is 0 Å². The summed E-state index contributed by atoms with van der Waals surface area (Å²) in [4.78, 5) is 2.37. The molecule has 0 aromatic carbocycles. The van der Waals surface area contributed by atoms with Crippen LogP contribution in [-0.4, -0.2) is 41.9 Å². The fourth-order valence-corrected chi connectivity index (χ4v) is 1.72. The van der Waals surface area contributed by atoms with Crippen molar-refractivity contribution in [2.75, 3.05) is 27.2 Å². The van der Waals surface area contributed by atoms with Crippen LogP contribution >= 0.6 is 0 Å². The number of nitrogens with one attached hydrogen (secondary N) is 1. The number of rotatable bonds is 7. The molecule has 4 heteroatoms. The molecule has 1 N–H and O–H groups in total. The van der Waals surface area contributed by atoms with E-state index in [0.29, 0.717) is 6.04 Å². The van der Waals surface area contributed by atoms with E-state index in [0.717, 1.165) is 19.6 Å². The Hall–Kier alpha value is -0.870. The molecule has 0 aliphatic heterocycles. The molecule has 1 aromatic rings. The second-order valence-corrected chi connectivity index (χ2v) is 4.24. The SMILES string of the molecule is CCn1cc(C(C)N(C)CCCNC)cn1. The molecule has 0 saturated heterocycles. The monoisotopic (exact) mass is 224 g/mol. The van der Waals surface area contributed by atoms with Gasteiger partial charge in [0.2, 0.25) is 0 Å². The highest BCUT2D eigenvalue weighted by molar-refractivity contribution is 5.09. The summed E-state index contributed by atoms with van der Waals surface area (Å²) in [6.45, 7) is 7.47. The lowest BCUT2D eigenvalue weighted by molar-refractivity contribution is 0.258. The minimum atomic E-state index is 0.442. The van der Waals surface area contributed by atoms with E-state index in [2.05, 4.69) is 42.4 Å². The summed E-state index contributed by atoms with van der Waals surface area (Å²) in [5.74, 6) is 0. The average molecular weight is 224 g/mol. The fraction of sp³-hybridized carbons (Fsp3) is 0.750. The van der Waals surface area contributed by atoms with E-state index in [1.807, 2.05) is 17.9 Å². The van der Waals surface area contributed by atoms with Crippen molar-refractivity contribution < 1.29 is 0 Å². The Bertz CT molecular complexity index is 295. The number of hydrogen-bond donors (Lipinski definition) is 1. The van der Waals surface area contributed by atoms with E-state index in [9.17, 15) is 0 Å². The van der Waals surface area contributed by atoms with Crippen molar-refractivity contribution in [1.82, 2.24) is 20.0 Å². The standard InChI is InChI=1S/C12H24N4/c1-5-16-10-12(9-14-16)11(2)15(4)8-6-7-13-3/h9-11,13H,5-8H2,1-4H3. The molecule has 1 aromatic heterocycles. The first kappa shape index (κ1) is 13.2. The third-order valence-corrected chi connectivity index (χ3v) is 3.06. The number of hydrogen-bond acceptors (Lipinski definition) is 3. The summed E-state index contributed by atoms with van der Waals surface area (Å²) in [6, 6.07) is 0.442. The van der Waals surface area contributed by atoms with Gasteiger partial charge < -0.3 is 5.32 Å². The molecule has 16 heavy (non-hydrogen) atoms. The minimum Gasteiger partial charge on any atom is -0.320 e. The second-order valence-electron chi connectivity index (χ2n) is 4.24. The topological polar surface area (TPSA) is 33.1 Å². The third kappa shape index (κ3) is 3.61. The fourth-order valence-electron chi connectivity index (χ4n) is 1.72. The Labute approximate surface area is 98.6 Å². The lowest BCUT2D eigenvalue weighted by Crippen LogP contribution is -2.25. The maximum Gasteiger partial charge on any atom is 0.0537 e. The van der Waals surface area contributed by atoms with Gasteiger partial charge in [-0.05, 0) is 47.5 Å². The van der Waals surface area contributed by atoms with Crippen molar-refractivity contribution in [3.63, 3.8) is 0 Å². The van der Waals surface area contributed by atoms with Gasteiger partial charge in [-0.2, -0.15) is 5.10 Å². The summed E-state index contributed by atoms with van der Waals surface area (Å²) in [5.41, 5.74) is 1.30. The summed E-state index contributed by atoms with van der Waals surface area (Å²) in [7, 11) is 4.17. The zero-order valence-corrected chi connectivity index (χ0v) is 10.9. The molecule has 1 heterocycles. The van der Waals surface area contributed by atoms with Gasteiger partial charge in [0.15, 0.2) is 0 Å². The maximum atomic E-state index is 4.31. The van der Waals surface area contributed by atoms with Gasteiger partial charge in [-0.1, -0.05) is 0 Å². The van der Waals surface area contributed by atoms with Gasteiger partial charge in [0.1, 0.15) is 0 Å². The molecule has 1 rings (SSSR count). The van der Waals surface area contributed by atoms with E-state index in [1.165, 1.54) is 12.0 Å². The van der Waals surface area contributed by atoms with Crippen molar-refractivity contribution in [2.24, 2.45) is 0 Å². The summed E-state index contributed by atoms with van der Waals surface area (Å²) in [6.07, 6.45) is 5.29. The van der Waals surface area contributed by atoms with Crippen LogP contribution in [0.5, 0.6) is 0 Å². The average Bonchev–Trinajstić information content (AvgIpc) is 2.76. The van der Waals surface area contributed by atoms with Crippen LogP contribution < -0.4 is 5.32 Å². The van der Waals surface area contributed by atoms with E-state index < -0.39 is 0 Å². The molecule has 1 atom stereocenters. The van der Waals surface area contributed by atoms with Crippen LogP contribution in [0.4, 0.5) is 0 Å². The molecule has 1 unspecified atom stereocenters. The van der Waals surface area contributed by atoms with Crippen LogP contribution in [0.15, 0.2) is 12.4 Å². The molecule has 0 amide bonds. The van der Waals surface area contributed by atoms with Crippen molar-refractivity contribution in [1.29, 1.82) is 0 Å². The molecule has 0 bridgehead atoms. The van der Waals surface area contributed by atoms with Crippen LogP contribution in [0.1, 0.15) is 31.9 Å². The van der Waals surface area contributed by atoms with E-state index in [4.69, 9.17) is 0 Å². The lowest BCUT2D eigenvalue weighted by atomic mass is 10.1. The van der Waals surface area contributed by atoms with Gasteiger partial charge in [0.25, 0.3) is 0 Å². The van der Waals surface area contributed by atoms with E-state index >= 15 is 0 Å². The largest absolute Gasteiger partial charge is 0.320 e. The normalized spacial score (nSPS) is 13.3. The smallest absolute Gasteiger partial charge is 0.0537 e. The first-order valence-electron chi connectivity index (χ1n) is 6.06. The lowest BCUT2D eigenvalue weighted by Gasteiger charge is -2.23. The van der Waals surface area contributed by atoms with Crippen molar-refractivity contribution in [2.45, 2.75) is 32.9 Å². The van der Waals surface area contributed by atoms with E-state index in [-0.39, 0.29) is 0 Å². The summed E-state index contributed by atoms with van der Waals surface area (Å²) in [5, 5.41) is 7.48. The Balaban J connectivity index is 2.45. The molecular weight excluding hydrogens is 200 g/mol. The Kier molecular flexibility index (Phi) is 5.49. The Morgan fingerprint density at radius 2 is 2.31 bits per heavy atom. The Morgan fingerprint density at radius 3 is 2.88 bits per heavy atom. The zero-order chi connectivity index (χ0) is 12.0. The maximum absolute atomic E-state index is 4.31. The summed E-state index contributed by atoms with van der Waals surface area (Å²) >= 11 is 0. The molecule has 0 spiro atoms. The predicted molar refractivity (Wildman–Crippen MR) is 67.5 cm³/mol. The first-order chi connectivity index (χ1) is 7.69. The van der Waals surface area contributed by atoms with Crippen LogP contribution in [0.25, 0.3) is 0 Å². The van der Waals surface area contributed by atoms with Crippen molar-refractivity contribution in [3.8, 4) is 0 Å². The number of nitrogens with zero attached hydrogens (tertiary/aromatic N) is 3. The van der Waals surface area contributed by atoms with Crippen molar-refractivity contribution in [3.05, 3.63) is 18.0 Å². The Morgan fingerprint density at radius 1 is 1.56 bits per heavy atom. The van der Waals surface area contributed by atoms with Crippen LogP contribution in [-0.2, 0) is 6.54 Å². The van der Waals surface area contributed by atoms with Gasteiger partial charge in [-0.25, -0.2) is 0 Å². The van der Waals surface area contributed by atoms with Gasteiger partial charge >= 0.3 is 0 Å². The molecule has 92 valence electrons. The molecule has 0 fully saturated rings. The quantitative estimate of drug-likeness (QED) is 0.713. The predicted octanol–water partition coefficient (Wildman–Crippen LogP) is 1.51. The van der Waals surface area contributed by atoms with Crippen molar-refractivity contribution >= 4 is 0 Å². The molecule has 4 nitrogen and oxygen atoms in total. The molecule has 0 aliphatic carbocycles. The molecule has 0 aliphatic rings. The third-order valence-electron chi connectivity index (χ3n) is 3.06. The van der Waals surface area contributed by atoms with Gasteiger partial charge in [-0.3, -0.25) is 9.58 Å². The number of aryl methyl sites for hydroxylation is 1. The highest BCUT2D eigenvalue weighted by atomic mass is 15.3. The van der Waals surface area contributed by atoms with Gasteiger partial charge in [0.05, 0.1) is 6.20 Å². The highest BCUT2D eigenvalue weighted by Crippen LogP contribution is 2.17. The second kappa shape index (κ2) is 6.66. The number of aromatic nitrogens is 2. The molecular formula is C12H24N4. The molecule has 0 saturated carbocycles. The highest BCUT2D eigenvalue weighted by Gasteiger charge is 2.12. The first-order valence-corrected chi connectivity index (χ1v) is 6.06.